The topological polar surface area (TPSA) is 32.3 Å². The first kappa shape index (κ1) is 14.1. The van der Waals surface area contributed by atoms with Crippen molar-refractivity contribution in [1.29, 1.82) is 0 Å². The van der Waals surface area contributed by atoms with Crippen LogP contribution in [0.4, 0.5) is 0 Å². The fraction of sp³-hybridized carbons (Fsp3) is 0.875. The molecule has 0 aliphatic carbocycles. The second-order valence-electron chi connectivity index (χ2n) is 6.37. The number of allylic oxidation sites excluding steroid dienone is 1. The SMILES string of the molecule is C=CCCCCCCCC1(O)CC2CCC(C1)N2. The molecule has 2 aliphatic heterocycles. The van der Waals surface area contributed by atoms with E-state index in [-0.39, 0.29) is 5.60 Å². The molecule has 0 aromatic heterocycles. The van der Waals surface area contributed by atoms with E-state index >= 15 is 0 Å². The van der Waals surface area contributed by atoms with Gasteiger partial charge in [-0.05, 0) is 44.9 Å². The highest BCUT2D eigenvalue weighted by Crippen LogP contribution is 2.37. The number of aliphatic hydroxyl groups is 1. The smallest absolute Gasteiger partial charge is 0.0677 e. The average Bonchev–Trinajstić information content (AvgIpc) is 2.68. The van der Waals surface area contributed by atoms with Gasteiger partial charge in [0.05, 0.1) is 5.60 Å². The molecule has 104 valence electrons. The predicted molar refractivity (Wildman–Crippen MR) is 76.6 cm³/mol. The Labute approximate surface area is 112 Å². The summed E-state index contributed by atoms with van der Waals surface area (Å²) in [6, 6.07) is 1.20. The molecule has 2 bridgehead atoms. The molecule has 0 aromatic carbocycles. The third-order valence-electron chi connectivity index (χ3n) is 4.64. The molecule has 0 saturated carbocycles. The fourth-order valence-corrected chi connectivity index (χ4v) is 3.70. The minimum Gasteiger partial charge on any atom is -0.390 e. The molecule has 0 radical (unpaired) electrons. The summed E-state index contributed by atoms with van der Waals surface area (Å²) in [6.45, 7) is 3.75. The van der Waals surface area contributed by atoms with Crippen LogP contribution in [0.15, 0.2) is 12.7 Å². The van der Waals surface area contributed by atoms with Crippen molar-refractivity contribution in [2.45, 2.75) is 88.3 Å². The zero-order valence-electron chi connectivity index (χ0n) is 11.7. The van der Waals surface area contributed by atoms with Crippen LogP contribution in [0.2, 0.25) is 0 Å². The number of rotatable bonds is 8. The van der Waals surface area contributed by atoms with Gasteiger partial charge in [0.25, 0.3) is 0 Å². The number of hydrogen-bond acceptors (Lipinski definition) is 2. The molecule has 0 aromatic rings. The summed E-state index contributed by atoms with van der Waals surface area (Å²) in [4.78, 5) is 0. The molecule has 2 saturated heterocycles. The zero-order valence-corrected chi connectivity index (χ0v) is 11.7. The second-order valence-corrected chi connectivity index (χ2v) is 6.37. The van der Waals surface area contributed by atoms with Gasteiger partial charge < -0.3 is 10.4 Å². The van der Waals surface area contributed by atoms with E-state index in [2.05, 4.69) is 11.9 Å². The molecule has 2 N–H and O–H groups in total. The lowest BCUT2D eigenvalue weighted by Crippen LogP contribution is -2.48. The first-order valence-corrected chi connectivity index (χ1v) is 7.81. The molecule has 2 aliphatic rings. The van der Waals surface area contributed by atoms with E-state index in [0.717, 1.165) is 25.7 Å². The summed E-state index contributed by atoms with van der Waals surface area (Å²) in [7, 11) is 0. The normalized spacial score (nSPS) is 34.7. The Morgan fingerprint density at radius 2 is 1.67 bits per heavy atom. The van der Waals surface area contributed by atoms with Crippen LogP contribution in [0.1, 0.15) is 70.6 Å². The minimum absolute atomic E-state index is 0.349. The van der Waals surface area contributed by atoms with Gasteiger partial charge in [-0.3, -0.25) is 0 Å². The van der Waals surface area contributed by atoms with Gasteiger partial charge in [-0.25, -0.2) is 0 Å². The lowest BCUT2D eigenvalue weighted by molar-refractivity contribution is -0.0159. The Balaban J connectivity index is 1.57. The molecule has 2 unspecified atom stereocenters. The van der Waals surface area contributed by atoms with Crippen molar-refractivity contribution >= 4 is 0 Å². The molecular weight excluding hydrogens is 222 g/mol. The van der Waals surface area contributed by atoms with Crippen LogP contribution < -0.4 is 5.32 Å². The van der Waals surface area contributed by atoms with Gasteiger partial charge in [0.1, 0.15) is 0 Å². The quantitative estimate of drug-likeness (QED) is 0.511. The lowest BCUT2D eigenvalue weighted by atomic mass is 9.83. The summed E-state index contributed by atoms with van der Waals surface area (Å²) in [5.41, 5.74) is -0.349. The number of nitrogens with one attached hydrogen (secondary N) is 1. The van der Waals surface area contributed by atoms with Crippen LogP contribution in [-0.4, -0.2) is 22.8 Å². The van der Waals surface area contributed by atoms with Crippen molar-refractivity contribution in [2.24, 2.45) is 0 Å². The van der Waals surface area contributed by atoms with E-state index in [1.165, 1.54) is 44.9 Å². The van der Waals surface area contributed by atoms with Gasteiger partial charge in [0.2, 0.25) is 0 Å². The number of piperidine rings is 1. The van der Waals surface area contributed by atoms with Gasteiger partial charge in [0.15, 0.2) is 0 Å². The number of unbranched alkanes of at least 4 members (excludes halogenated alkanes) is 5. The van der Waals surface area contributed by atoms with Crippen LogP contribution in [0.5, 0.6) is 0 Å². The van der Waals surface area contributed by atoms with E-state index in [1.807, 2.05) is 6.08 Å². The Hall–Kier alpha value is -0.340. The Kier molecular flexibility index (Phi) is 5.25. The maximum Gasteiger partial charge on any atom is 0.0677 e. The summed E-state index contributed by atoms with van der Waals surface area (Å²) in [5, 5.41) is 14.2. The Morgan fingerprint density at radius 3 is 2.33 bits per heavy atom. The van der Waals surface area contributed by atoms with Crippen molar-refractivity contribution in [2.75, 3.05) is 0 Å². The third kappa shape index (κ3) is 4.10. The van der Waals surface area contributed by atoms with Crippen LogP contribution in [0, 0.1) is 0 Å². The fourth-order valence-electron chi connectivity index (χ4n) is 3.70. The van der Waals surface area contributed by atoms with E-state index in [9.17, 15) is 5.11 Å². The molecule has 18 heavy (non-hydrogen) atoms. The van der Waals surface area contributed by atoms with E-state index in [1.54, 1.807) is 0 Å². The molecule has 2 nitrogen and oxygen atoms in total. The van der Waals surface area contributed by atoms with Crippen molar-refractivity contribution in [3.8, 4) is 0 Å². The van der Waals surface area contributed by atoms with Crippen molar-refractivity contribution in [1.82, 2.24) is 5.32 Å². The van der Waals surface area contributed by atoms with E-state index in [0.29, 0.717) is 12.1 Å². The highest BCUT2D eigenvalue weighted by Gasteiger charge is 2.41. The summed E-state index contributed by atoms with van der Waals surface area (Å²) in [5.74, 6) is 0. The first-order chi connectivity index (χ1) is 8.72. The van der Waals surface area contributed by atoms with Gasteiger partial charge >= 0.3 is 0 Å². The molecule has 2 fully saturated rings. The lowest BCUT2D eigenvalue weighted by Gasteiger charge is -2.37. The van der Waals surface area contributed by atoms with E-state index in [4.69, 9.17) is 0 Å². The standard InChI is InChI=1S/C16H29NO/c1-2-3-4-5-6-7-8-11-16(18)12-14-9-10-15(13-16)17-14/h2,14-15,17-18H,1,3-13H2. The molecule has 0 spiro atoms. The maximum atomic E-state index is 10.6. The van der Waals surface area contributed by atoms with Crippen LogP contribution in [0.3, 0.4) is 0 Å². The van der Waals surface area contributed by atoms with E-state index < -0.39 is 0 Å². The Morgan fingerprint density at radius 1 is 1.06 bits per heavy atom. The van der Waals surface area contributed by atoms with Crippen LogP contribution in [0.25, 0.3) is 0 Å². The highest BCUT2D eigenvalue weighted by molar-refractivity contribution is 4.99. The molecule has 2 heterocycles. The number of fused-ring (bicyclic) bond motifs is 2. The van der Waals surface area contributed by atoms with Gasteiger partial charge in [0, 0.05) is 12.1 Å². The Bertz CT molecular complexity index is 252. The molecular formula is C16H29NO. The summed E-state index contributed by atoms with van der Waals surface area (Å²) < 4.78 is 0. The zero-order chi connectivity index (χ0) is 12.8. The average molecular weight is 251 g/mol. The molecule has 2 heteroatoms. The first-order valence-electron chi connectivity index (χ1n) is 7.81. The van der Waals surface area contributed by atoms with Crippen LogP contribution in [-0.2, 0) is 0 Å². The maximum absolute atomic E-state index is 10.6. The van der Waals surface area contributed by atoms with Gasteiger partial charge in [-0.1, -0.05) is 31.8 Å². The summed E-state index contributed by atoms with van der Waals surface area (Å²) >= 11 is 0. The van der Waals surface area contributed by atoms with Crippen molar-refractivity contribution < 1.29 is 5.11 Å². The molecule has 2 atom stereocenters. The predicted octanol–water partition coefficient (Wildman–Crippen LogP) is 3.55. The monoisotopic (exact) mass is 251 g/mol. The minimum atomic E-state index is -0.349. The number of hydrogen-bond donors (Lipinski definition) is 2. The molecule has 0 amide bonds. The largest absolute Gasteiger partial charge is 0.390 e. The van der Waals surface area contributed by atoms with Gasteiger partial charge in [-0.2, -0.15) is 0 Å². The molecule has 2 rings (SSSR count). The second kappa shape index (κ2) is 6.72. The van der Waals surface area contributed by atoms with Crippen LogP contribution >= 0.6 is 0 Å². The summed E-state index contributed by atoms with van der Waals surface area (Å²) in [6.07, 6.45) is 15.1. The van der Waals surface area contributed by atoms with Crippen molar-refractivity contribution in [3.63, 3.8) is 0 Å². The highest BCUT2D eigenvalue weighted by atomic mass is 16.3. The van der Waals surface area contributed by atoms with Crippen molar-refractivity contribution in [3.05, 3.63) is 12.7 Å². The van der Waals surface area contributed by atoms with Gasteiger partial charge in [-0.15, -0.1) is 6.58 Å². The third-order valence-corrected chi connectivity index (χ3v) is 4.64.